The zero-order valence-corrected chi connectivity index (χ0v) is 26.8. The number of halogens is 1. The van der Waals surface area contributed by atoms with Gasteiger partial charge in [-0.05, 0) is 61.2 Å². The summed E-state index contributed by atoms with van der Waals surface area (Å²) in [6.45, 7) is 5.59. The molecule has 0 aliphatic rings. The minimum Gasteiger partial charge on any atom is -0.354 e. The summed E-state index contributed by atoms with van der Waals surface area (Å²) in [7, 11) is -4.20. The van der Waals surface area contributed by atoms with E-state index in [1.54, 1.807) is 37.3 Å². The fourth-order valence-electron chi connectivity index (χ4n) is 4.92. The van der Waals surface area contributed by atoms with E-state index in [0.717, 1.165) is 27.4 Å². The Morgan fingerprint density at radius 3 is 2.05 bits per heavy atom. The Labute approximate surface area is 265 Å². The second kappa shape index (κ2) is 15.0. The molecule has 0 aromatic heterocycles. The topological polar surface area (TPSA) is 86.8 Å². The van der Waals surface area contributed by atoms with E-state index >= 15 is 0 Å². The molecule has 4 aromatic carbocycles. The van der Waals surface area contributed by atoms with Crippen molar-refractivity contribution in [2.45, 2.75) is 51.1 Å². The number of amides is 2. The highest BCUT2D eigenvalue weighted by molar-refractivity contribution is 7.92. The van der Waals surface area contributed by atoms with Crippen molar-refractivity contribution in [3.63, 3.8) is 0 Å². The third-order valence-electron chi connectivity index (χ3n) is 7.41. The number of nitrogens with one attached hydrogen (secondary N) is 1. The second-order valence-corrected chi connectivity index (χ2v) is 13.0. The molecule has 4 aromatic rings. The summed E-state index contributed by atoms with van der Waals surface area (Å²) >= 11 is 6.44. The van der Waals surface area contributed by atoms with E-state index in [-0.39, 0.29) is 23.8 Å². The number of carbonyl (C=O) groups excluding carboxylic acids is 2. The Morgan fingerprint density at radius 2 is 1.43 bits per heavy atom. The predicted octanol–water partition coefficient (Wildman–Crippen LogP) is 6.32. The first kappa shape index (κ1) is 32.8. The van der Waals surface area contributed by atoms with Gasteiger partial charge in [0.25, 0.3) is 10.0 Å². The normalized spacial score (nSPS) is 11.9. The van der Waals surface area contributed by atoms with Crippen molar-refractivity contribution in [1.82, 2.24) is 10.2 Å². The SMILES string of the molecule is CCCNC(=O)C(Cc1ccccc1)N(Cc1ccccc1)C(=O)CN(c1cccc(Cl)c1C)S(=O)(=O)c1ccc(C)cc1. The van der Waals surface area contributed by atoms with Crippen LogP contribution in [0.5, 0.6) is 0 Å². The summed E-state index contributed by atoms with van der Waals surface area (Å²) in [5, 5.41) is 3.33. The van der Waals surface area contributed by atoms with E-state index in [1.165, 1.54) is 17.0 Å². The van der Waals surface area contributed by atoms with E-state index in [1.807, 2.05) is 74.5 Å². The van der Waals surface area contributed by atoms with Gasteiger partial charge in [-0.2, -0.15) is 0 Å². The van der Waals surface area contributed by atoms with Crippen molar-refractivity contribution in [1.29, 1.82) is 0 Å². The maximum Gasteiger partial charge on any atom is 0.264 e. The van der Waals surface area contributed by atoms with Gasteiger partial charge < -0.3 is 10.2 Å². The molecule has 0 aliphatic carbocycles. The average molecular weight is 632 g/mol. The molecule has 0 radical (unpaired) electrons. The number of hydrogen-bond donors (Lipinski definition) is 1. The van der Waals surface area contributed by atoms with Crippen molar-refractivity contribution in [2.24, 2.45) is 0 Å². The molecule has 0 saturated heterocycles. The molecule has 44 heavy (non-hydrogen) atoms. The van der Waals surface area contributed by atoms with Gasteiger partial charge in [-0.1, -0.05) is 103 Å². The van der Waals surface area contributed by atoms with Crippen molar-refractivity contribution in [3.8, 4) is 0 Å². The quantitative estimate of drug-likeness (QED) is 0.187. The van der Waals surface area contributed by atoms with Gasteiger partial charge in [0.15, 0.2) is 0 Å². The van der Waals surface area contributed by atoms with Gasteiger partial charge in [0.1, 0.15) is 12.6 Å². The lowest BCUT2D eigenvalue weighted by Crippen LogP contribution is -2.53. The minimum atomic E-state index is -4.20. The van der Waals surface area contributed by atoms with Crippen molar-refractivity contribution in [2.75, 3.05) is 17.4 Å². The van der Waals surface area contributed by atoms with Crippen LogP contribution in [-0.4, -0.2) is 44.3 Å². The monoisotopic (exact) mass is 631 g/mol. The zero-order chi connectivity index (χ0) is 31.7. The molecule has 0 aliphatic heterocycles. The number of hydrogen-bond acceptors (Lipinski definition) is 4. The number of nitrogens with zero attached hydrogens (tertiary/aromatic N) is 2. The van der Waals surface area contributed by atoms with Crippen LogP contribution < -0.4 is 9.62 Å². The fraction of sp³-hybridized carbons (Fsp3) is 0.257. The summed E-state index contributed by atoms with van der Waals surface area (Å²) in [6.07, 6.45) is 0.989. The number of anilines is 1. The van der Waals surface area contributed by atoms with Gasteiger partial charge >= 0.3 is 0 Å². The summed E-state index contributed by atoms with van der Waals surface area (Å²) < 4.78 is 29.5. The highest BCUT2D eigenvalue weighted by atomic mass is 35.5. The smallest absolute Gasteiger partial charge is 0.264 e. The molecule has 7 nitrogen and oxygen atoms in total. The van der Waals surface area contributed by atoms with E-state index < -0.39 is 28.5 Å². The van der Waals surface area contributed by atoms with Crippen LogP contribution in [0.2, 0.25) is 5.02 Å². The van der Waals surface area contributed by atoms with Gasteiger partial charge in [0.05, 0.1) is 10.6 Å². The highest BCUT2D eigenvalue weighted by Gasteiger charge is 2.35. The lowest BCUT2D eigenvalue weighted by molar-refractivity contribution is -0.140. The maximum absolute atomic E-state index is 14.5. The molecule has 230 valence electrons. The van der Waals surface area contributed by atoms with E-state index in [2.05, 4.69) is 5.32 Å². The number of aryl methyl sites for hydroxylation is 1. The summed E-state index contributed by atoms with van der Waals surface area (Å²) in [4.78, 5) is 29.7. The lowest BCUT2D eigenvalue weighted by Gasteiger charge is -2.34. The molecule has 1 atom stereocenters. The Balaban J connectivity index is 1.81. The maximum atomic E-state index is 14.5. The molecule has 0 fully saturated rings. The Morgan fingerprint density at radius 1 is 0.818 bits per heavy atom. The van der Waals surface area contributed by atoms with Gasteiger partial charge in [0, 0.05) is 24.5 Å². The summed E-state index contributed by atoms with van der Waals surface area (Å²) in [6, 6.07) is 29.4. The van der Waals surface area contributed by atoms with Crippen LogP contribution >= 0.6 is 11.6 Å². The molecular formula is C35H38ClN3O4S. The molecule has 0 heterocycles. The van der Waals surface area contributed by atoms with Crippen LogP contribution in [0.15, 0.2) is 108 Å². The Bertz CT molecular complexity index is 1660. The van der Waals surface area contributed by atoms with Crippen molar-refractivity contribution >= 4 is 39.1 Å². The summed E-state index contributed by atoms with van der Waals surface area (Å²) in [5.74, 6) is -0.816. The molecule has 0 saturated carbocycles. The second-order valence-electron chi connectivity index (χ2n) is 10.7. The first-order valence-electron chi connectivity index (χ1n) is 14.6. The van der Waals surface area contributed by atoms with Crippen molar-refractivity contribution < 1.29 is 18.0 Å². The highest BCUT2D eigenvalue weighted by Crippen LogP contribution is 2.31. The van der Waals surface area contributed by atoms with Crippen LogP contribution in [-0.2, 0) is 32.6 Å². The third kappa shape index (κ3) is 8.07. The number of benzene rings is 4. The molecular weight excluding hydrogens is 594 g/mol. The van der Waals surface area contributed by atoms with Gasteiger partial charge in [0.2, 0.25) is 11.8 Å². The Hall–Kier alpha value is -4.14. The van der Waals surface area contributed by atoms with Crippen LogP contribution in [0.1, 0.15) is 35.6 Å². The number of sulfonamides is 1. The first-order chi connectivity index (χ1) is 21.1. The molecule has 2 amide bonds. The third-order valence-corrected chi connectivity index (χ3v) is 9.60. The van der Waals surface area contributed by atoms with Crippen LogP contribution in [0, 0.1) is 13.8 Å². The van der Waals surface area contributed by atoms with E-state index in [9.17, 15) is 18.0 Å². The largest absolute Gasteiger partial charge is 0.354 e. The number of carbonyl (C=O) groups is 2. The van der Waals surface area contributed by atoms with E-state index in [0.29, 0.717) is 22.8 Å². The zero-order valence-electron chi connectivity index (χ0n) is 25.2. The average Bonchev–Trinajstić information content (AvgIpc) is 3.03. The molecule has 1 N–H and O–H groups in total. The standard InChI is InChI=1S/C35H38ClN3O4S/c1-4-22-37-35(41)33(23-28-12-7-5-8-13-28)38(24-29-14-9-6-10-15-29)34(40)25-39(32-17-11-16-31(36)27(32)3)44(42,43)30-20-18-26(2)19-21-30/h5-21,33H,4,22-25H2,1-3H3,(H,37,41). The molecule has 1 unspecified atom stereocenters. The molecule has 4 rings (SSSR count). The predicted molar refractivity (Wildman–Crippen MR) is 176 cm³/mol. The van der Waals surface area contributed by atoms with Crippen LogP contribution in [0.25, 0.3) is 0 Å². The lowest BCUT2D eigenvalue weighted by atomic mass is 10.0. The minimum absolute atomic E-state index is 0.0476. The fourth-order valence-corrected chi connectivity index (χ4v) is 6.56. The van der Waals surface area contributed by atoms with Gasteiger partial charge in [-0.25, -0.2) is 8.42 Å². The number of rotatable bonds is 13. The first-order valence-corrected chi connectivity index (χ1v) is 16.4. The van der Waals surface area contributed by atoms with Crippen LogP contribution in [0.4, 0.5) is 5.69 Å². The van der Waals surface area contributed by atoms with E-state index in [4.69, 9.17) is 11.6 Å². The Kier molecular flexibility index (Phi) is 11.2. The molecule has 0 bridgehead atoms. The van der Waals surface area contributed by atoms with Gasteiger partial charge in [-0.3, -0.25) is 13.9 Å². The van der Waals surface area contributed by atoms with Crippen LogP contribution in [0.3, 0.4) is 0 Å². The van der Waals surface area contributed by atoms with Crippen molar-refractivity contribution in [3.05, 3.63) is 130 Å². The molecule has 9 heteroatoms. The van der Waals surface area contributed by atoms with Gasteiger partial charge in [-0.15, -0.1) is 0 Å². The molecule has 0 spiro atoms. The summed E-state index contributed by atoms with van der Waals surface area (Å²) in [5.41, 5.74) is 3.41.